The Morgan fingerprint density at radius 2 is 2.17 bits per heavy atom. The van der Waals surface area contributed by atoms with Crippen molar-refractivity contribution in [3.8, 4) is 0 Å². The van der Waals surface area contributed by atoms with Crippen LogP contribution in [-0.2, 0) is 11.2 Å². The number of ether oxygens (including phenoxy) is 1. The van der Waals surface area contributed by atoms with Crippen molar-refractivity contribution in [2.75, 3.05) is 20.3 Å². The van der Waals surface area contributed by atoms with E-state index in [0.29, 0.717) is 6.54 Å². The fourth-order valence-corrected chi connectivity index (χ4v) is 3.26. The van der Waals surface area contributed by atoms with Gasteiger partial charge in [-0.2, -0.15) is 0 Å². The van der Waals surface area contributed by atoms with Crippen molar-refractivity contribution in [2.24, 2.45) is 0 Å². The molecule has 0 radical (unpaired) electrons. The average Bonchev–Trinajstić information content (AvgIpc) is 2.52. The van der Waals surface area contributed by atoms with Gasteiger partial charge in [-0.1, -0.05) is 24.3 Å². The number of benzene rings is 1. The minimum absolute atomic E-state index is 0.00559. The summed E-state index contributed by atoms with van der Waals surface area (Å²) in [6.07, 6.45) is 1.54. The molecule has 0 bridgehead atoms. The third kappa shape index (κ3) is 4.24. The SMILES string of the molecule is COC(C)(C)CC(C)NC(=O)N1CCc2ccccc2C1CO. The molecular weight excluding hydrogens is 292 g/mol. The van der Waals surface area contributed by atoms with E-state index in [-0.39, 0.29) is 30.3 Å². The molecule has 1 aromatic rings. The van der Waals surface area contributed by atoms with Gasteiger partial charge in [0.1, 0.15) is 0 Å². The molecule has 0 saturated heterocycles. The second kappa shape index (κ2) is 7.32. The second-order valence-corrected chi connectivity index (χ2v) is 6.86. The number of carbonyl (C=O) groups excluding carboxylic acids is 1. The summed E-state index contributed by atoms with van der Waals surface area (Å²) < 4.78 is 5.42. The number of hydrogen-bond acceptors (Lipinski definition) is 3. The molecule has 0 saturated carbocycles. The zero-order valence-corrected chi connectivity index (χ0v) is 14.5. The van der Waals surface area contributed by atoms with Gasteiger partial charge in [0.15, 0.2) is 0 Å². The molecule has 0 aromatic heterocycles. The van der Waals surface area contributed by atoms with Crippen LogP contribution in [0.3, 0.4) is 0 Å². The van der Waals surface area contributed by atoms with Gasteiger partial charge in [-0.15, -0.1) is 0 Å². The molecule has 23 heavy (non-hydrogen) atoms. The summed E-state index contributed by atoms with van der Waals surface area (Å²) in [6.45, 7) is 6.54. The lowest BCUT2D eigenvalue weighted by atomic mass is 9.93. The van der Waals surface area contributed by atoms with Gasteiger partial charge in [0.2, 0.25) is 0 Å². The van der Waals surface area contributed by atoms with E-state index in [9.17, 15) is 9.90 Å². The molecule has 128 valence electrons. The maximum atomic E-state index is 12.6. The van der Waals surface area contributed by atoms with Gasteiger partial charge in [-0.3, -0.25) is 0 Å². The topological polar surface area (TPSA) is 61.8 Å². The number of nitrogens with one attached hydrogen (secondary N) is 1. The van der Waals surface area contributed by atoms with E-state index in [2.05, 4.69) is 11.4 Å². The van der Waals surface area contributed by atoms with Gasteiger partial charge < -0.3 is 20.1 Å². The zero-order chi connectivity index (χ0) is 17.0. The highest BCUT2D eigenvalue weighted by atomic mass is 16.5. The molecule has 0 fully saturated rings. The summed E-state index contributed by atoms with van der Waals surface area (Å²) in [5.74, 6) is 0. The number of methoxy groups -OCH3 is 1. The summed E-state index contributed by atoms with van der Waals surface area (Å²) in [7, 11) is 1.68. The normalized spacial score (nSPS) is 19.2. The predicted molar refractivity (Wildman–Crippen MR) is 90.4 cm³/mol. The van der Waals surface area contributed by atoms with Crippen LogP contribution in [0, 0.1) is 0 Å². The van der Waals surface area contributed by atoms with Crippen molar-refractivity contribution < 1.29 is 14.6 Å². The van der Waals surface area contributed by atoms with E-state index in [1.54, 1.807) is 12.0 Å². The lowest BCUT2D eigenvalue weighted by Crippen LogP contribution is -2.50. The number of rotatable bonds is 5. The van der Waals surface area contributed by atoms with Crippen LogP contribution in [0.4, 0.5) is 4.79 Å². The zero-order valence-electron chi connectivity index (χ0n) is 14.5. The summed E-state index contributed by atoms with van der Waals surface area (Å²) in [5, 5.41) is 12.8. The van der Waals surface area contributed by atoms with Crippen molar-refractivity contribution in [1.82, 2.24) is 10.2 Å². The first-order valence-corrected chi connectivity index (χ1v) is 8.19. The monoisotopic (exact) mass is 320 g/mol. The van der Waals surface area contributed by atoms with Crippen LogP contribution in [0.2, 0.25) is 0 Å². The quantitative estimate of drug-likeness (QED) is 0.876. The average molecular weight is 320 g/mol. The smallest absolute Gasteiger partial charge is 0.318 e. The Bertz CT molecular complexity index is 545. The third-order valence-electron chi connectivity index (χ3n) is 4.57. The van der Waals surface area contributed by atoms with E-state index >= 15 is 0 Å². The Labute approximate surface area is 138 Å². The van der Waals surface area contributed by atoms with Crippen molar-refractivity contribution in [3.63, 3.8) is 0 Å². The fraction of sp³-hybridized carbons (Fsp3) is 0.611. The maximum Gasteiger partial charge on any atom is 0.318 e. The first-order chi connectivity index (χ1) is 10.9. The highest BCUT2D eigenvalue weighted by molar-refractivity contribution is 5.75. The Morgan fingerprint density at radius 3 is 2.83 bits per heavy atom. The van der Waals surface area contributed by atoms with Crippen molar-refractivity contribution in [1.29, 1.82) is 0 Å². The van der Waals surface area contributed by atoms with Crippen LogP contribution in [0.5, 0.6) is 0 Å². The molecule has 1 aliphatic rings. The summed E-state index contributed by atoms with van der Waals surface area (Å²) >= 11 is 0. The van der Waals surface area contributed by atoms with Crippen LogP contribution in [0.25, 0.3) is 0 Å². The number of hydrogen-bond donors (Lipinski definition) is 2. The molecule has 1 heterocycles. The molecule has 2 atom stereocenters. The number of amides is 2. The van der Waals surface area contributed by atoms with Crippen molar-refractivity contribution in [3.05, 3.63) is 35.4 Å². The number of nitrogens with zero attached hydrogens (tertiary/aromatic N) is 1. The number of aliphatic hydroxyl groups is 1. The van der Waals surface area contributed by atoms with Gasteiger partial charge in [0.05, 0.1) is 18.2 Å². The molecular formula is C18H28N2O3. The van der Waals surface area contributed by atoms with Crippen LogP contribution in [0.1, 0.15) is 44.4 Å². The van der Waals surface area contributed by atoms with Gasteiger partial charge in [-0.25, -0.2) is 4.79 Å². The minimum Gasteiger partial charge on any atom is -0.394 e. The predicted octanol–water partition coefficient (Wildman–Crippen LogP) is 2.49. The molecule has 2 unspecified atom stereocenters. The van der Waals surface area contributed by atoms with Crippen LogP contribution >= 0.6 is 0 Å². The first kappa shape index (κ1) is 17.8. The Kier molecular flexibility index (Phi) is 5.65. The van der Waals surface area contributed by atoms with Crippen LogP contribution < -0.4 is 5.32 Å². The Hall–Kier alpha value is -1.59. The molecule has 0 spiro atoms. The molecule has 0 aliphatic carbocycles. The van der Waals surface area contributed by atoms with E-state index < -0.39 is 0 Å². The highest BCUT2D eigenvalue weighted by Gasteiger charge is 2.31. The number of fused-ring (bicyclic) bond motifs is 1. The lowest BCUT2D eigenvalue weighted by molar-refractivity contribution is 0.00880. The van der Waals surface area contributed by atoms with Crippen LogP contribution in [-0.4, -0.2) is 47.9 Å². The molecule has 5 nitrogen and oxygen atoms in total. The first-order valence-electron chi connectivity index (χ1n) is 8.19. The fourth-order valence-electron chi connectivity index (χ4n) is 3.26. The summed E-state index contributed by atoms with van der Waals surface area (Å²) in [5.41, 5.74) is 1.97. The van der Waals surface area contributed by atoms with E-state index in [1.165, 1.54) is 5.56 Å². The Balaban J connectivity index is 2.05. The van der Waals surface area contributed by atoms with E-state index in [4.69, 9.17) is 4.74 Å². The van der Waals surface area contributed by atoms with Gasteiger partial charge >= 0.3 is 6.03 Å². The second-order valence-electron chi connectivity index (χ2n) is 6.86. The molecule has 5 heteroatoms. The summed E-state index contributed by atoms with van der Waals surface area (Å²) in [6, 6.07) is 7.60. The molecule has 1 aliphatic heterocycles. The number of urea groups is 1. The van der Waals surface area contributed by atoms with E-state index in [1.807, 2.05) is 39.0 Å². The molecule has 2 amide bonds. The van der Waals surface area contributed by atoms with E-state index in [0.717, 1.165) is 18.4 Å². The maximum absolute atomic E-state index is 12.6. The van der Waals surface area contributed by atoms with Crippen LogP contribution in [0.15, 0.2) is 24.3 Å². The standard InChI is InChI=1S/C18H28N2O3/c1-13(11-18(2,3)23-4)19-17(22)20-10-9-14-7-5-6-8-15(14)16(20)12-21/h5-8,13,16,21H,9-12H2,1-4H3,(H,19,22). The molecule has 2 rings (SSSR count). The summed E-state index contributed by atoms with van der Waals surface area (Å²) in [4.78, 5) is 14.4. The third-order valence-corrected chi connectivity index (χ3v) is 4.57. The minimum atomic E-state index is -0.280. The molecule has 2 N–H and O–H groups in total. The van der Waals surface area contributed by atoms with Gasteiger partial charge in [-0.05, 0) is 44.7 Å². The van der Waals surface area contributed by atoms with Gasteiger partial charge in [0.25, 0.3) is 0 Å². The Morgan fingerprint density at radius 1 is 1.48 bits per heavy atom. The highest BCUT2D eigenvalue weighted by Crippen LogP contribution is 2.29. The van der Waals surface area contributed by atoms with Crippen molar-refractivity contribution >= 4 is 6.03 Å². The van der Waals surface area contributed by atoms with Gasteiger partial charge in [0, 0.05) is 19.7 Å². The van der Waals surface area contributed by atoms with Crippen molar-refractivity contribution in [2.45, 2.75) is 51.3 Å². The lowest BCUT2D eigenvalue weighted by Gasteiger charge is -2.37. The molecule has 1 aromatic carbocycles. The number of carbonyl (C=O) groups is 1. The number of aliphatic hydroxyl groups excluding tert-OH is 1. The largest absolute Gasteiger partial charge is 0.394 e.